The molecule has 0 amide bonds. The zero-order chi connectivity index (χ0) is 13.1. The van der Waals surface area contributed by atoms with Crippen molar-refractivity contribution in [2.75, 3.05) is 6.61 Å². The summed E-state index contributed by atoms with van der Waals surface area (Å²) < 4.78 is 11.2. The first-order chi connectivity index (χ1) is 8.63. The maximum Gasteiger partial charge on any atom is 0.124 e. The molecule has 1 aromatic heterocycles. The van der Waals surface area contributed by atoms with Crippen LogP contribution in [0, 0.1) is 13.8 Å². The average Bonchev–Trinajstić information content (AvgIpc) is 2.77. The standard InChI is InChI=1S/C15H17BrO2/c1-4-17-13-6-5-10(2)9-12(13)14(16)15-11(3)7-8-18-15/h5-9,14H,4H2,1-3H3. The van der Waals surface area contributed by atoms with E-state index in [0.29, 0.717) is 6.61 Å². The molecule has 0 N–H and O–H groups in total. The first-order valence-corrected chi connectivity index (χ1v) is 6.96. The molecule has 0 aliphatic heterocycles. The summed E-state index contributed by atoms with van der Waals surface area (Å²) in [6.45, 7) is 6.77. The normalized spacial score (nSPS) is 12.4. The molecule has 0 aliphatic carbocycles. The average molecular weight is 309 g/mol. The third kappa shape index (κ3) is 2.61. The van der Waals surface area contributed by atoms with Crippen molar-refractivity contribution in [3.8, 4) is 5.75 Å². The highest BCUT2D eigenvalue weighted by Crippen LogP contribution is 2.38. The van der Waals surface area contributed by atoms with E-state index in [2.05, 4.69) is 35.0 Å². The second kappa shape index (κ2) is 5.61. The van der Waals surface area contributed by atoms with Crippen molar-refractivity contribution >= 4 is 15.9 Å². The van der Waals surface area contributed by atoms with E-state index < -0.39 is 0 Å². The summed E-state index contributed by atoms with van der Waals surface area (Å²) in [5.74, 6) is 1.84. The Bertz CT molecular complexity index is 531. The van der Waals surface area contributed by atoms with Crippen molar-refractivity contribution in [3.05, 3.63) is 53.0 Å². The van der Waals surface area contributed by atoms with E-state index in [-0.39, 0.29) is 4.83 Å². The molecule has 1 heterocycles. The van der Waals surface area contributed by atoms with Crippen LogP contribution < -0.4 is 4.74 Å². The maximum atomic E-state index is 5.68. The van der Waals surface area contributed by atoms with Crippen molar-refractivity contribution in [3.63, 3.8) is 0 Å². The van der Waals surface area contributed by atoms with Crippen LogP contribution in [0.4, 0.5) is 0 Å². The Hall–Kier alpha value is -1.22. The number of ether oxygens (including phenoxy) is 1. The number of hydrogen-bond acceptors (Lipinski definition) is 2. The summed E-state index contributed by atoms with van der Waals surface area (Å²) in [5.41, 5.74) is 3.46. The van der Waals surface area contributed by atoms with Crippen molar-refractivity contribution in [1.29, 1.82) is 0 Å². The van der Waals surface area contributed by atoms with E-state index in [4.69, 9.17) is 9.15 Å². The molecular weight excluding hydrogens is 292 g/mol. The zero-order valence-corrected chi connectivity index (χ0v) is 12.5. The van der Waals surface area contributed by atoms with Gasteiger partial charge in [-0.05, 0) is 38.5 Å². The lowest BCUT2D eigenvalue weighted by molar-refractivity contribution is 0.336. The number of halogens is 1. The number of aryl methyl sites for hydroxylation is 2. The van der Waals surface area contributed by atoms with Gasteiger partial charge in [0.2, 0.25) is 0 Å². The lowest BCUT2D eigenvalue weighted by Gasteiger charge is -2.15. The minimum Gasteiger partial charge on any atom is -0.494 e. The summed E-state index contributed by atoms with van der Waals surface area (Å²) in [6, 6.07) is 8.18. The van der Waals surface area contributed by atoms with Crippen LogP contribution in [-0.4, -0.2) is 6.61 Å². The Morgan fingerprint density at radius 2 is 2.06 bits per heavy atom. The third-order valence-electron chi connectivity index (χ3n) is 2.87. The van der Waals surface area contributed by atoms with Crippen LogP contribution in [0.1, 0.15) is 34.2 Å². The van der Waals surface area contributed by atoms with E-state index in [1.54, 1.807) is 6.26 Å². The van der Waals surface area contributed by atoms with Crippen molar-refractivity contribution in [2.45, 2.75) is 25.6 Å². The number of furan rings is 1. The van der Waals surface area contributed by atoms with Gasteiger partial charge in [0.25, 0.3) is 0 Å². The molecule has 0 radical (unpaired) electrons. The van der Waals surface area contributed by atoms with Crippen LogP contribution in [0.2, 0.25) is 0 Å². The molecule has 18 heavy (non-hydrogen) atoms. The summed E-state index contributed by atoms with van der Waals surface area (Å²) in [4.78, 5) is 0.0222. The second-order valence-corrected chi connectivity index (χ2v) is 5.22. The molecule has 1 atom stereocenters. The molecule has 2 nitrogen and oxygen atoms in total. The van der Waals surface area contributed by atoms with Crippen molar-refractivity contribution in [2.24, 2.45) is 0 Å². The highest BCUT2D eigenvalue weighted by Gasteiger charge is 2.20. The number of hydrogen-bond donors (Lipinski definition) is 0. The summed E-state index contributed by atoms with van der Waals surface area (Å²) in [5, 5.41) is 0. The monoisotopic (exact) mass is 308 g/mol. The van der Waals surface area contributed by atoms with Crippen molar-refractivity contribution < 1.29 is 9.15 Å². The van der Waals surface area contributed by atoms with Crippen LogP contribution in [0.3, 0.4) is 0 Å². The van der Waals surface area contributed by atoms with Crippen LogP contribution in [0.15, 0.2) is 34.9 Å². The predicted octanol–water partition coefficient (Wildman–Crippen LogP) is 4.78. The Labute approximate surface area is 116 Å². The Kier molecular flexibility index (Phi) is 4.12. The van der Waals surface area contributed by atoms with Gasteiger partial charge in [-0.1, -0.05) is 33.6 Å². The first-order valence-electron chi connectivity index (χ1n) is 6.05. The molecule has 0 aliphatic rings. The lowest BCUT2D eigenvalue weighted by Crippen LogP contribution is -2.00. The quantitative estimate of drug-likeness (QED) is 0.758. The zero-order valence-electron chi connectivity index (χ0n) is 10.9. The molecule has 2 rings (SSSR count). The van der Waals surface area contributed by atoms with Crippen molar-refractivity contribution in [1.82, 2.24) is 0 Å². The van der Waals surface area contributed by atoms with E-state index in [9.17, 15) is 0 Å². The Balaban J connectivity index is 2.43. The van der Waals surface area contributed by atoms with Gasteiger partial charge in [0.1, 0.15) is 16.3 Å². The largest absolute Gasteiger partial charge is 0.494 e. The highest BCUT2D eigenvalue weighted by atomic mass is 79.9. The number of benzene rings is 1. The van der Waals surface area contributed by atoms with Gasteiger partial charge in [0, 0.05) is 5.56 Å². The van der Waals surface area contributed by atoms with E-state index in [1.165, 1.54) is 5.56 Å². The van der Waals surface area contributed by atoms with Gasteiger partial charge in [-0.2, -0.15) is 0 Å². The Morgan fingerprint density at radius 3 is 2.67 bits per heavy atom. The van der Waals surface area contributed by atoms with E-state index >= 15 is 0 Å². The smallest absolute Gasteiger partial charge is 0.124 e. The van der Waals surface area contributed by atoms with E-state index in [1.807, 2.05) is 26.0 Å². The van der Waals surface area contributed by atoms with Gasteiger partial charge >= 0.3 is 0 Å². The van der Waals surface area contributed by atoms with Gasteiger partial charge in [-0.3, -0.25) is 0 Å². The fourth-order valence-corrected chi connectivity index (χ4v) is 2.77. The SMILES string of the molecule is CCOc1ccc(C)cc1C(Br)c1occc1C. The fraction of sp³-hybridized carbons (Fsp3) is 0.333. The van der Waals surface area contributed by atoms with Gasteiger partial charge in [0.05, 0.1) is 12.9 Å². The molecule has 96 valence electrons. The summed E-state index contributed by atoms with van der Waals surface area (Å²) in [7, 11) is 0. The van der Waals surface area contributed by atoms with Crippen LogP contribution in [0.25, 0.3) is 0 Å². The highest BCUT2D eigenvalue weighted by molar-refractivity contribution is 9.09. The lowest BCUT2D eigenvalue weighted by atomic mass is 10.0. The minimum absolute atomic E-state index is 0.0222. The van der Waals surface area contributed by atoms with Gasteiger partial charge in [-0.25, -0.2) is 0 Å². The molecule has 1 unspecified atom stereocenters. The van der Waals surface area contributed by atoms with Crippen LogP contribution >= 0.6 is 15.9 Å². The van der Waals surface area contributed by atoms with Gasteiger partial charge in [0.15, 0.2) is 0 Å². The predicted molar refractivity (Wildman–Crippen MR) is 76.6 cm³/mol. The molecule has 0 spiro atoms. The topological polar surface area (TPSA) is 22.4 Å². The van der Waals surface area contributed by atoms with Crippen LogP contribution in [0.5, 0.6) is 5.75 Å². The molecular formula is C15H17BrO2. The molecule has 0 saturated carbocycles. The molecule has 0 saturated heterocycles. The number of rotatable bonds is 4. The first kappa shape index (κ1) is 13.2. The molecule has 0 fully saturated rings. The van der Waals surface area contributed by atoms with Crippen LogP contribution in [-0.2, 0) is 0 Å². The minimum atomic E-state index is 0.0222. The fourth-order valence-electron chi connectivity index (χ4n) is 1.94. The third-order valence-corrected chi connectivity index (χ3v) is 3.78. The Morgan fingerprint density at radius 1 is 1.28 bits per heavy atom. The molecule has 3 heteroatoms. The molecule has 1 aromatic carbocycles. The van der Waals surface area contributed by atoms with Gasteiger partial charge < -0.3 is 9.15 Å². The maximum absolute atomic E-state index is 5.68. The molecule has 0 bridgehead atoms. The molecule has 2 aromatic rings. The summed E-state index contributed by atoms with van der Waals surface area (Å²) >= 11 is 3.71. The second-order valence-electron chi connectivity index (χ2n) is 4.30. The number of alkyl halides is 1. The van der Waals surface area contributed by atoms with E-state index in [0.717, 1.165) is 22.6 Å². The van der Waals surface area contributed by atoms with Gasteiger partial charge in [-0.15, -0.1) is 0 Å². The summed E-state index contributed by atoms with van der Waals surface area (Å²) in [6.07, 6.45) is 1.72.